The first-order chi connectivity index (χ1) is 8.84. The molecule has 0 fully saturated rings. The molecule has 0 aliphatic carbocycles. The van der Waals surface area contributed by atoms with Crippen LogP contribution in [0.15, 0.2) is 35.0 Å². The Morgan fingerprint density at radius 2 is 1.38 bits per heavy atom. The number of unbranched alkanes of at least 4 members (excludes halogenated alkanes) is 5. The normalized spacial score (nSPS) is 9.19. The van der Waals surface area contributed by atoms with Gasteiger partial charge in [0.05, 0.1) is 0 Å². The molecule has 1 aromatic heterocycles. The zero-order valence-electron chi connectivity index (χ0n) is 12.0. The van der Waals surface area contributed by atoms with E-state index in [4.69, 9.17) is 4.42 Å². The second kappa shape index (κ2) is 48.5. The number of furan rings is 1. The first-order valence-corrected chi connectivity index (χ1v) is 9.33. The molecule has 26 heavy (non-hydrogen) atoms. The van der Waals surface area contributed by atoms with Gasteiger partial charge in [-0.05, 0) is 0 Å². The van der Waals surface area contributed by atoms with E-state index in [-0.39, 0.29) is 411 Å². The Kier molecular flexibility index (Phi) is 110. The number of hydrogen-bond donors (Lipinski definition) is 0. The molecule has 0 amide bonds. The molecule has 0 saturated heterocycles. The summed E-state index contributed by atoms with van der Waals surface area (Å²) in [4.78, 5) is 0. The van der Waals surface area contributed by atoms with E-state index in [0.29, 0.717) is 0 Å². The van der Waals surface area contributed by atoms with E-state index in [1.807, 2.05) is 6.07 Å². The third kappa shape index (κ3) is 39.9. The van der Waals surface area contributed by atoms with Crippen LogP contribution in [-0.4, -0.2) is 460 Å². The summed E-state index contributed by atoms with van der Waals surface area (Å²) >= 11 is 0.828. The van der Waals surface area contributed by atoms with Gasteiger partial charge in [0, 0.05) is 0 Å². The Morgan fingerprint density at radius 1 is 0.846 bits per heavy atom. The van der Waals surface area contributed by atoms with E-state index in [1.165, 1.54) is 57.1 Å². The summed E-state index contributed by atoms with van der Waals surface area (Å²) in [5.41, 5.74) is 0. The SMILES string of the molecule is CCCCCC/C=C\CCC[CH]([K])c1ccco1.[KH].[KH].[KH].[KH].[KH].[KH].[KH].[KH]. The van der Waals surface area contributed by atoms with Gasteiger partial charge in [0.25, 0.3) is 0 Å². The van der Waals surface area contributed by atoms with E-state index in [1.54, 1.807) is 6.26 Å². The predicted octanol–water partition coefficient (Wildman–Crippen LogP) is -0.00190. The van der Waals surface area contributed by atoms with E-state index < -0.39 is 0 Å². The number of rotatable bonds is 10. The van der Waals surface area contributed by atoms with Crippen LogP contribution in [0.4, 0.5) is 0 Å². The molecule has 0 aliphatic heterocycles. The molecule has 112 valence electrons. The third-order valence-corrected chi connectivity index (χ3v) is 5.22. The van der Waals surface area contributed by atoms with Gasteiger partial charge in [-0.1, -0.05) is 0 Å². The van der Waals surface area contributed by atoms with Gasteiger partial charge in [-0.15, -0.1) is 0 Å². The van der Waals surface area contributed by atoms with Crippen LogP contribution < -0.4 is 0 Å². The van der Waals surface area contributed by atoms with Crippen molar-refractivity contribution < 1.29 is 4.42 Å². The molecule has 0 saturated carbocycles. The Hall–Kier alpha value is 13.7. The summed E-state index contributed by atoms with van der Waals surface area (Å²) in [5.74, 6) is 1.21. The molecule has 0 bridgehead atoms. The maximum atomic E-state index is 5.46. The molecular weight excluding hydrogens is 560 g/mol. The third-order valence-electron chi connectivity index (χ3n) is 3.43. The van der Waals surface area contributed by atoms with Crippen LogP contribution >= 0.6 is 0 Å². The molecule has 1 rings (SSSR count). The molecule has 1 unspecified atom stereocenters. The summed E-state index contributed by atoms with van der Waals surface area (Å²) in [6.45, 7) is 2.26. The van der Waals surface area contributed by atoms with Crippen LogP contribution in [0, 0.1) is 0 Å². The second-order valence-corrected chi connectivity index (χ2v) is 7.34. The fourth-order valence-electron chi connectivity index (χ4n) is 2.18. The molecular formula is C16H33K9O. The first kappa shape index (κ1) is 59.2. The molecule has 1 nitrogen and oxygen atoms in total. The molecule has 0 spiro atoms. The van der Waals surface area contributed by atoms with E-state index >= 15 is 0 Å². The van der Waals surface area contributed by atoms with Gasteiger partial charge < -0.3 is 0 Å². The van der Waals surface area contributed by atoms with Gasteiger partial charge in [0.2, 0.25) is 0 Å². The van der Waals surface area contributed by atoms with Crippen molar-refractivity contribution in [3.8, 4) is 0 Å². The first-order valence-electron chi connectivity index (χ1n) is 7.53. The van der Waals surface area contributed by atoms with Gasteiger partial charge in [0.1, 0.15) is 0 Å². The molecule has 10 heteroatoms. The Bertz CT molecular complexity index is 322. The van der Waals surface area contributed by atoms with Crippen LogP contribution in [0.3, 0.4) is 0 Å². The predicted molar refractivity (Wildman–Crippen MR) is 136 cm³/mol. The van der Waals surface area contributed by atoms with Crippen LogP contribution in [0.1, 0.15) is 64.1 Å². The van der Waals surface area contributed by atoms with Crippen molar-refractivity contribution in [2.45, 2.75) is 58.3 Å². The Morgan fingerprint density at radius 3 is 1.85 bits per heavy atom. The summed E-state index contributed by atoms with van der Waals surface area (Å²) in [6, 6.07) is 4.13. The van der Waals surface area contributed by atoms with Crippen molar-refractivity contribution in [3.63, 3.8) is 0 Å². The van der Waals surface area contributed by atoms with Gasteiger partial charge in [-0.2, -0.15) is 0 Å². The molecule has 1 aromatic rings. The molecule has 0 aromatic carbocycles. The summed E-state index contributed by atoms with van der Waals surface area (Å²) < 4.78 is 6.20. The van der Waals surface area contributed by atoms with Crippen LogP contribution in [-0.2, 0) is 0 Å². The summed E-state index contributed by atoms with van der Waals surface area (Å²) in [6.07, 6.45) is 17.1. The fourth-order valence-corrected chi connectivity index (χ4v) is 3.33. The molecule has 0 radical (unpaired) electrons. The molecule has 0 aliphatic rings. The van der Waals surface area contributed by atoms with Crippen LogP contribution in [0.25, 0.3) is 0 Å². The molecule has 0 N–H and O–H groups in total. The van der Waals surface area contributed by atoms with Crippen LogP contribution in [0.5, 0.6) is 0 Å². The number of allylic oxidation sites excluding steroid dienone is 2. The minimum absolute atomic E-state index is 0. The van der Waals surface area contributed by atoms with E-state index in [2.05, 4.69) is 25.1 Å². The molecule has 1 atom stereocenters. The summed E-state index contributed by atoms with van der Waals surface area (Å²) in [5, 5.41) is 0. The second-order valence-electron chi connectivity index (χ2n) is 5.17. The monoisotopic (exact) mass is 592 g/mol. The topological polar surface area (TPSA) is 13.1 Å². The quantitative estimate of drug-likeness (QED) is 0.212. The van der Waals surface area contributed by atoms with E-state index in [9.17, 15) is 0 Å². The maximum absolute atomic E-state index is 5.46. The fraction of sp³-hybridized carbons (Fsp3) is 0.625. The van der Waals surface area contributed by atoms with Gasteiger partial charge >= 0.3 is 559 Å². The zero-order chi connectivity index (χ0) is 13.1. The Balaban J connectivity index is -0.0000000675. The van der Waals surface area contributed by atoms with E-state index in [0.717, 1.165) is 49.0 Å². The van der Waals surface area contributed by atoms with Gasteiger partial charge in [0.15, 0.2) is 0 Å². The van der Waals surface area contributed by atoms with Crippen LogP contribution in [0.2, 0.25) is 0 Å². The van der Waals surface area contributed by atoms with Crippen molar-refractivity contribution in [2.24, 2.45) is 0 Å². The standard InChI is InChI=1S/C16H25O.9K.8H/c1-2-3-4-5-6-7-8-9-10-11-13-16-14-12-15-17-16;;;;;;;;;;;;;;;;;/h7-8,12-15H,2-6,9-11H2,1H3;;;;;;;;;;;;;;;;;/b8-7-;;;;;;;;;;;;;;;;;. The Labute approximate surface area is 537 Å². The number of hydrogen-bond acceptors (Lipinski definition) is 1. The molecule has 1 heterocycles. The summed E-state index contributed by atoms with van der Waals surface area (Å²) in [7, 11) is 0. The van der Waals surface area contributed by atoms with Crippen molar-refractivity contribution >= 4 is 460 Å². The van der Waals surface area contributed by atoms with Gasteiger partial charge in [-0.3, -0.25) is 0 Å². The zero-order valence-corrected chi connectivity index (χ0v) is 15.2. The van der Waals surface area contributed by atoms with Crippen molar-refractivity contribution in [2.75, 3.05) is 0 Å². The van der Waals surface area contributed by atoms with Crippen molar-refractivity contribution in [1.29, 1.82) is 0 Å². The van der Waals surface area contributed by atoms with Crippen molar-refractivity contribution in [1.82, 2.24) is 0 Å². The average Bonchev–Trinajstić information content (AvgIpc) is 2.90. The van der Waals surface area contributed by atoms with Crippen molar-refractivity contribution in [3.05, 3.63) is 36.3 Å². The average molecular weight is 593 g/mol. The minimum atomic E-state index is 0. The van der Waals surface area contributed by atoms with Gasteiger partial charge in [-0.25, -0.2) is 0 Å².